The third kappa shape index (κ3) is 5.33. The van der Waals surface area contributed by atoms with Crippen molar-refractivity contribution in [2.75, 3.05) is 12.3 Å². The third-order valence-electron chi connectivity index (χ3n) is 6.12. The van der Waals surface area contributed by atoms with Crippen LogP contribution in [0.4, 0.5) is 5.82 Å². The Morgan fingerprint density at radius 1 is 1.12 bits per heavy atom. The molecule has 8 heteroatoms. The van der Waals surface area contributed by atoms with Crippen molar-refractivity contribution in [3.05, 3.63) is 71.9 Å². The Labute approximate surface area is 198 Å². The molecule has 4 rings (SSSR count). The number of benzene rings is 2. The SMILES string of the molecule is CC(=O)N[C@H](Cc1ccccc1)C(=O)N1CCC[C@H]1C(=O)NCc1ccc2c(N)nccc2c1. The highest BCUT2D eigenvalue weighted by atomic mass is 16.2. The van der Waals surface area contributed by atoms with Crippen LogP contribution in [0.15, 0.2) is 60.8 Å². The smallest absolute Gasteiger partial charge is 0.246 e. The van der Waals surface area contributed by atoms with E-state index in [1.165, 1.54) is 6.92 Å². The van der Waals surface area contributed by atoms with Crippen LogP contribution >= 0.6 is 0 Å². The van der Waals surface area contributed by atoms with E-state index in [-0.39, 0.29) is 17.7 Å². The number of hydrogen-bond donors (Lipinski definition) is 3. The maximum atomic E-state index is 13.4. The molecule has 1 aromatic heterocycles. The fourth-order valence-corrected chi connectivity index (χ4v) is 4.47. The summed E-state index contributed by atoms with van der Waals surface area (Å²) in [5, 5.41) is 7.56. The van der Waals surface area contributed by atoms with E-state index in [1.807, 2.05) is 54.6 Å². The van der Waals surface area contributed by atoms with Gasteiger partial charge in [-0.1, -0.05) is 42.5 Å². The van der Waals surface area contributed by atoms with Crippen molar-refractivity contribution in [3.8, 4) is 0 Å². The summed E-state index contributed by atoms with van der Waals surface area (Å²) in [4.78, 5) is 43.9. The Morgan fingerprint density at radius 2 is 1.91 bits per heavy atom. The first-order valence-electron chi connectivity index (χ1n) is 11.4. The van der Waals surface area contributed by atoms with Gasteiger partial charge in [0.15, 0.2) is 0 Å². The van der Waals surface area contributed by atoms with E-state index in [2.05, 4.69) is 15.6 Å². The number of fused-ring (bicyclic) bond motifs is 1. The average Bonchev–Trinajstić information content (AvgIpc) is 3.32. The van der Waals surface area contributed by atoms with Crippen molar-refractivity contribution in [3.63, 3.8) is 0 Å². The summed E-state index contributed by atoms with van der Waals surface area (Å²) < 4.78 is 0. The first kappa shape index (κ1) is 23.2. The Morgan fingerprint density at radius 3 is 2.68 bits per heavy atom. The Balaban J connectivity index is 1.43. The van der Waals surface area contributed by atoms with Gasteiger partial charge in [-0.2, -0.15) is 0 Å². The number of hydrogen-bond acceptors (Lipinski definition) is 5. The minimum atomic E-state index is -0.715. The Kier molecular flexibility index (Phi) is 7.06. The number of anilines is 1. The number of likely N-dealkylation sites (tertiary alicyclic amines) is 1. The Bertz CT molecular complexity index is 1200. The van der Waals surface area contributed by atoms with Gasteiger partial charge in [0, 0.05) is 38.0 Å². The molecule has 176 valence electrons. The molecule has 0 unspecified atom stereocenters. The molecular weight excluding hydrogens is 430 g/mol. The van der Waals surface area contributed by atoms with Gasteiger partial charge >= 0.3 is 0 Å². The highest BCUT2D eigenvalue weighted by Crippen LogP contribution is 2.22. The van der Waals surface area contributed by atoms with Crippen molar-refractivity contribution >= 4 is 34.3 Å². The summed E-state index contributed by atoms with van der Waals surface area (Å²) in [7, 11) is 0. The second kappa shape index (κ2) is 10.3. The van der Waals surface area contributed by atoms with E-state index in [0.717, 1.165) is 28.3 Å². The van der Waals surface area contributed by atoms with Crippen LogP contribution < -0.4 is 16.4 Å². The summed E-state index contributed by atoms with van der Waals surface area (Å²) in [6.45, 7) is 2.23. The topological polar surface area (TPSA) is 117 Å². The zero-order valence-electron chi connectivity index (χ0n) is 19.2. The summed E-state index contributed by atoms with van der Waals surface area (Å²) >= 11 is 0. The highest BCUT2D eigenvalue weighted by molar-refractivity contribution is 5.93. The average molecular weight is 460 g/mol. The molecule has 1 fully saturated rings. The number of amides is 3. The second-order valence-electron chi connectivity index (χ2n) is 8.60. The zero-order valence-corrected chi connectivity index (χ0v) is 19.2. The molecule has 0 spiro atoms. The van der Waals surface area contributed by atoms with Crippen molar-refractivity contribution in [2.24, 2.45) is 0 Å². The molecule has 3 amide bonds. The molecule has 1 aliphatic rings. The monoisotopic (exact) mass is 459 g/mol. The van der Waals surface area contributed by atoms with E-state index in [0.29, 0.717) is 31.7 Å². The minimum absolute atomic E-state index is 0.193. The van der Waals surface area contributed by atoms with Gasteiger partial charge in [0.25, 0.3) is 0 Å². The molecule has 0 saturated carbocycles. The molecule has 2 aromatic carbocycles. The van der Waals surface area contributed by atoms with Gasteiger partial charge in [0.2, 0.25) is 17.7 Å². The largest absolute Gasteiger partial charge is 0.383 e. The van der Waals surface area contributed by atoms with Gasteiger partial charge in [-0.25, -0.2) is 4.98 Å². The van der Waals surface area contributed by atoms with E-state index in [1.54, 1.807) is 11.1 Å². The van der Waals surface area contributed by atoms with Crippen LogP contribution in [-0.4, -0.2) is 46.2 Å². The van der Waals surface area contributed by atoms with Crippen molar-refractivity contribution < 1.29 is 14.4 Å². The van der Waals surface area contributed by atoms with Gasteiger partial charge in [0.05, 0.1) is 0 Å². The molecule has 4 N–H and O–H groups in total. The molecule has 2 heterocycles. The van der Waals surface area contributed by atoms with Gasteiger partial charge in [-0.15, -0.1) is 0 Å². The summed E-state index contributed by atoms with van der Waals surface area (Å²) in [6.07, 6.45) is 3.36. The molecule has 8 nitrogen and oxygen atoms in total. The second-order valence-corrected chi connectivity index (χ2v) is 8.60. The lowest BCUT2D eigenvalue weighted by atomic mass is 10.0. The Hall–Kier alpha value is -3.94. The van der Waals surface area contributed by atoms with Crippen molar-refractivity contribution in [2.45, 2.75) is 44.8 Å². The van der Waals surface area contributed by atoms with Gasteiger partial charge < -0.3 is 21.3 Å². The molecule has 34 heavy (non-hydrogen) atoms. The van der Waals surface area contributed by atoms with Crippen LogP contribution in [0.1, 0.15) is 30.9 Å². The first-order valence-corrected chi connectivity index (χ1v) is 11.4. The fraction of sp³-hybridized carbons (Fsp3) is 0.308. The quantitative estimate of drug-likeness (QED) is 0.501. The van der Waals surface area contributed by atoms with Crippen molar-refractivity contribution in [1.29, 1.82) is 0 Å². The highest BCUT2D eigenvalue weighted by Gasteiger charge is 2.37. The normalized spacial score (nSPS) is 16.3. The maximum Gasteiger partial charge on any atom is 0.246 e. The third-order valence-corrected chi connectivity index (χ3v) is 6.12. The number of carbonyl (C=O) groups is 3. The van der Waals surface area contributed by atoms with E-state index in [4.69, 9.17) is 5.73 Å². The summed E-state index contributed by atoms with van der Waals surface area (Å²) in [5.41, 5.74) is 7.79. The lowest BCUT2D eigenvalue weighted by Gasteiger charge is -2.28. The predicted molar refractivity (Wildman–Crippen MR) is 130 cm³/mol. The van der Waals surface area contributed by atoms with Crippen LogP contribution in [0.5, 0.6) is 0 Å². The molecule has 1 saturated heterocycles. The van der Waals surface area contributed by atoms with E-state index in [9.17, 15) is 14.4 Å². The number of aromatic nitrogens is 1. The van der Waals surface area contributed by atoms with E-state index >= 15 is 0 Å². The molecular formula is C26H29N5O3. The van der Waals surface area contributed by atoms with Crippen LogP contribution in [0, 0.1) is 0 Å². The zero-order chi connectivity index (χ0) is 24.1. The van der Waals surface area contributed by atoms with Crippen molar-refractivity contribution in [1.82, 2.24) is 20.5 Å². The summed E-state index contributed by atoms with van der Waals surface area (Å²) in [6, 6.07) is 15.9. The maximum absolute atomic E-state index is 13.4. The number of rotatable bonds is 7. The van der Waals surface area contributed by atoms with Crippen LogP contribution in [-0.2, 0) is 27.3 Å². The number of nitrogens with one attached hydrogen (secondary N) is 2. The van der Waals surface area contributed by atoms with Crippen LogP contribution in [0.2, 0.25) is 0 Å². The molecule has 2 atom stereocenters. The summed E-state index contributed by atoms with van der Waals surface area (Å²) in [5.74, 6) is -0.231. The number of nitrogen functional groups attached to an aromatic ring is 1. The van der Waals surface area contributed by atoms with Gasteiger partial charge in [-0.3, -0.25) is 14.4 Å². The van der Waals surface area contributed by atoms with E-state index < -0.39 is 12.1 Å². The molecule has 3 aromatic rings. The molecule has 0 bridgehead atoms. The lowest BCUT2D eigenvalue weighted by Crippen LogP contribution is -2.53. The predicted octanol–water partition coefficient (Wildman–Crippen LogP) is 2.17. The van der Waals surface area contributed by atoms with Crippen LogP contribution in [0.3, 0.4) is 0 Å². The standard InChI is InChI=1S/C26H29N5O3/c1-17(32)30-22(15-18-6-3-2-4-7-18)26(34)31-13-5-8-23(31)25(33)29-16-19-9-10-21-20(14-19)11-12-28-24(21)27/h2-4,6-7,9-12,14,22-23H,5,8,13,15-16H2,1H3,(H2,27,28)(H,29,33)(H,30,32)/t22-,23+/m1/s1. The van der Waals surface area contributed by atoms with Gasteiger partial charge in [0.1, 0.15) is 17.9 Å². The minimum Gasteiger partial charge on any atom is -0.383 e. The van der Waals surface area contributed by atoms with Crippen LogP contribution in [0.25, 0.3) is 10.8 Å². The number of nitrogens with two attached hydrogens (primary N) is 1. The fourth-order valence-electron chi connectivity index (χ4n) is 4.47. The number of carbonyl (C=O) groups excluding carboxylic acids is 3. The van der Waals surface area contributed by atoms with Gasteiger partial charge in [-0.05, 0) is 41.5 Å². The number of nitrogens with zero attached hydrogens (tertiary/aromatic N) is 2. The first-order chi connectivity index (χ1) is 16.4. The molecule has 0 aliphatic carbocycles. The molecule has 0 radical (unpaired) electrons. The number of pyridine rings is 1. The molecule has 1 aliphatic heterocycles. The lowest BCUT2D eigenvalue weighted by molar-refractivity contribution is -0.141.